The normalized spacial score (nSPS) is 17.1. The third kappa shape index (κ3) is 2.66. The molecule has 1 N–H and O–H groups in total. The number of halogens is 1. The minimum atomic E-state index is 0.0730. The van der Waals surface area contributed by atoms with Crippen LogP contribution in [0.25, 0.3) is 0 Å². The molecule has 1 aliphatic rings. The fourth-order valence-electron chi connectivity index (χ4n) is 2.90. The smallest absolute Gasteiger partial charge is 0.123 e. The highest BCUT2D eigenvalue weighted by Gasteiger charge is 2.32. The molecule has 0 saturated carbocycles. The second-order valence-electron chi connectivity index (χ2n) is 6.20. The van der Waals surface area contributed by atoms with E-state index in [1.807, 2.05) is 19.2 Å². The lowest BCUT2D eigenvalue weighted by Crippen LogP contribution is -2.20. The van der Waals surface area contributed by atoms with E-state index in [2.05, 4.69) is 49.5 Å². The van der Waals surface area contributed by atoms with Crippen LogP contribution in [0.5, 0.6) is 5.75 Å². The third-order valence-electron chi connectivity index (χ3n) is 4.15. The summed E-state index contributed by atoms with van der Waals surface area (Å²) in [5, 5.41) is 4.15. The highest BCUT2D eigenvalue weighted by molar-refractivity contribution is 6.30. The highest BCUT2D eigenvalue weighted by Crippen LogP contribution is 2.40. The molecule has 0 radical (unpaired) electrons. The van der Waals surface area contributed by atoms with E-state index in [4.69, 9.17) is 16.3 Å². The summed E-state index contributed by atoms with van der Waals surface area (Å²) < 4.78 is 5.77. The SMILES string of the molecule is CNC(c1ccc(Cl)cc1)c1ccc2c(c1)C(C)(C)CO2. The van der Waals surface area contributed by atoms with Crippen molar-refractivity contribution < 1.29 is 4.74 Å². The Hall–Kier alpha value is -1.51. The first-order chi connectivity index (χ1) is 10.0. The van der Waals surface area contributed by atoms with Gasteiger partial charge in [-0.2, -0.15) is 0 Å². The molecule has 0 aromatic heterocycles. The molecule has 0 spiro atoms. The van der Waals surface area contributed by atoms with Crippen molar-refractivity contribution in [2.24, 2.45) is 0 Å². The molecule has 0 fully saturated rings. The highest BCUT2D eigenvalue weighted by atomic mass is 35.5. The van der Waals surface area contributed by atoms with E-state index >= 15 is 0 Å². The molecule has 21 heavy (non-hydrogen) atoms. The van der Waals surface area contributed by atoms with Gasteiger partial charge < -0.3 is 10.1 Å². The Labute approximate surface area is 131 Å². The summed E-state index contributed by atoms with van der Waals surface area (Å²) in [5.74, 6) is 1.01. The molecule has 1 aliphatic heterocycles. The van der Waals surface area contributed by atoms with Crippen LogP contribution in [0.1, 0.15) is 36.6 Å². The van der Waals surface area contributed by atoms with Crippen LogP contribution < -0.4 is 10.1 Å². The van der Waals surface area contributed by atoms with Crippen molar-refractivity contribution in [3.8, 4) is 5.75 Å². The summed E-state index contributed by atoms with van der Waals surface area (Å²) in [6, 6.07) is 14.6. The van der Waals surface area contributed by atoms with Gasteiger partial charge in [0, 0.05) is 16.0 Å². The molecule has 3 heteroatoms. The summed E-state index contributed by atoms with van der Waals surface area (Å²) >= 11 is 5.98. The molecule has 0 bridgehead atoms. The van der Waals surface area contributed by atoms with E-state index < -0.39 is 0 Å². The van der Waals surface area contributed by atoms with Crippen molar-refractivity contribution in [3.05, 3.63) is 64.2 Å². The number of hydrogen-bond donors (Lipinski definition) is 1. The minimum absolute atomic E-state index is 0.0730. The van der Waals surface area contributed by atoms with E-state index in [-0.39, 0.29) is 11.5 Å². The Bertz CT molecular complexity index is 649. The average Bonchev–Trinajstić information content (AvgIpc) is 2.77. The number of ether oxygens (including phenoxy) is 1. The Kier molecular flexibility index (Phi) is 3.68. The van der Waals surface area contributed by atoms with Crippen LogP contribution in [0, 0.1) is 0 Å². The van der Waals surface area contributed by atoms with E-state index in [0.29, 0.717) is 0 Å². The van der Waals surface area contributed by atoms with Gasteiger partial charge in [-0.1, -0.05) is 43.6 Å². The Balaban J connectivity index is 2.01. The molecule has 1 heterocycles. The number of hydrogen-bond acceptors (Lipinski definition) is 2. The maximum absolute atomic E-state index is 5.98. The van der Waals surface area contributed by atoms with Gasteiger partial charge in [0.1, 0.15) is 5.75 Å². The van der Waals surface area contributed by atoms with Crippen molar-refractivity contribution in [2.75, 3.05) is 13.7 Å². The molecule has 2 aromatic carbocycles. The quantitative estimate of drug-likeness (QED) is 0.911. The van der Waals surface area contributed by atoms with E-state index in [9.17, 15) is 0 Å². The van der Waals surface area contributed by atoms with Crippen molar-refractivity contribution >= 4 is 11.6 Å². The van der Waals surface area contributed by atoms with Gasteiger partial charge in [-0.3, -0.25) is 0 Å². The summed E-state index contributed by atoms with van der Waals surface area (Å²) in [4.78, 5) is 0. The van der Waals surface area contributed by atoms with E-state index in [1.165, 1.54) is 16.7 Å². The predicted molar refractivity (Wildman–Crippen MR) is 87.3 cm³/mol. The summed E-state index contributed by atoms with van der Waals surface area (Å²) in [5.41, 5.74) is 3.81. The zero-order chi connectivity index (χ0) is 15.0. The van der Waals surface area contributed by atoms with Crippen molar-refractivity contribution in [1.29, 1.82) is 0 Å². The maximum Gasteiger partial charge on any atom is 0.123 e. The average molecular weight is 302 g/mol. The molecular weight excluding hydrogens is 282 g/mol. The van der Waals surface area contributed by atoms with Crippen LogP contribution >= 0.6 is 11.6 Å². The predicted octanol–water partition coefficient (Wildman–Crippen LogP) is 4.32. The van der Waals surface area contributed by atoms with Crippen LogP contribution in [0.15, 0.2) is 42.5 Å². The van der Waals surface area contributed by atoms with Crippen LogP contribution in [-0.2, 0) is 5.41 Å². The lowest BCUT2D eigenvalue weighted by atomic mass is 9.85. The zero-order valence-electron chi connectivity index (χ0n) is 12.6. The van der Waals surface area contributed by atoms with E-state index in [0.717, 1.165) is 17.4 Å². The first-order valence-corrected chi connectivity index (χ1v) is 7.59. The molecule has 2 nitrogen and oxygen atoms in total. The van der Waals surface area contributed by atoms with Crippen molar-refractivity contribution in [2.45, 2.75) is 25.3 Å². The fraction of sp³-hybridized carbons (Fsp3) is 0.333. The summed E-state index contributed by atoms with van der Waals surface area (Å²) in [6.07, 6.45) is 0. The molecular formula is C18H20ClNO. The molecule has 0 amide bonds. The van der Waals surface area contributed by atoms with Gasteiger partial charge in [0.05, 0.1) is 12.6 Å². The first kappa shape index (κ1) is 14.4. The molecule has 2 aromatic rings. The molecule has 110 valence electrons. The maximum atomic E-state index is 5.98. The second kappa shape index (κ2) is 5.36. The molecule has 1 unspecified atom stereocenters. The van der Waals surface area contributed by atoms with E-state index in [1.54, 1.807) is 0 Å². The second-order valence-corrected chi connectivity index (χ2v) is 6.64. The Morgan fingerprint density at radius 3 is 2.43 bits per heavy atom. The molecule has 1 atom stereocenters. The van der Waals surface area contributed by atoms with Crippen LogP contribution in [0.3, 0.4) is 0 Å². The number of fused-ring (bicyclic) bond motifs is 1. The summed E-state index contributed by atoms with van der Waals surface area (Å²) in [6.45, 7) is 5.19. The standard InChI is InChI=1S/C18H20ClNO/c1-18(2)11-21-16-9-6-13(10-15(16)18)17(20-3)12-4-7-14(19)8-5-12/h4-10,17,20H,11H2,1-3H3. The largest absolute Gasteiger partial charge is 0.492 e. The van der Waals surface area contributed by atoms with Gasteiger partial charge in [-0.05, 0) is 42.4 Å². The van der Waals surface area contributed by atoms with Gasteiger partial charge in [0.15, 0.2) is 0 Å². The van der Waals surface area contributed by atoms with Crippen LogP contribution in [-0.4, -0.2) is 13.7 Å². The number of benzene rings is 2. The molecule has 3 rings (SSSR count). The van der Waals surface area contributed by atoms with Gasteiger partial charge >= 0.3 is 0 Å². The zero-order valence-corrected chi connectivity index (χ0v) is 13.4. The molecule has 0 aliphatic carbocycles. The lowest BCUT2D eigenvalue weighted by molar-refractivity contribution is 0.291. The lowest BCUT2D eigenvalue weighted by Gasteiger charge is -2.20. The van der Waals surface area contributed by atoms with Crippen molar-refractivity contribution in [1.82, 2.24) is 5.32 Å². The monoisotopic (exact) mass is 301 g/mol. The fourth-order valence-corrected chi connectivity index (χ4v) is 3.02. The summed E-state index contributed by atoms with van der Waals surface area (Å²) in [7, 11) is 1.98. The minimum Gasteiger partial charge on any atom is -0.492 e. The number of rotatable bonds is 3. The van der Waals surface area contributed by atoms with Gasteiger partial charge in [0.2, 0.25) is 0 Å². The van der Waals surface area contributed by atoms with Crippen molar-refractivity contribution in [3.63, 3.8) is 0 Å². The Morgan fingerprint density at radius 2 is 1.76 bits per heavy atom. The molecule has 0 saturated heterocycles. The third-order valence-corrected chi connectivity index (χ3v) is 4.40. The number of nitrogens with one attached hydrogen (secondary N) is 1. The Morgan fingerprint density at radius 1 is 1.10 bits per heavy atom. The topological polar surface area (TPSA) is 21.3 Å². The van der Waals surface area contributed by atoms with Gasteiger partial charge in [-0.25, -0.2) is 0 Å². The van der Waals surface area contributed by atoms with Crippen LogP contribution in [0.4, 0.5) is 0 Å². The van der Waals surface area contributed by atoms with Crippen LogP contribution in [0.2, 0.25) is 5.02 Å². The van der Waals surface area contributed by atoms with Gasteiger partial charge in [0.25, 0.3) is 0 Å². The first-order valence-electron chi connectivity index (χ1n) is 7.21. The van der Waals surface area contributed by atoms with Gasteiger partial charge in [-0.15, -0.1) is 0 Å².